The Morgan fingerprint density at radius 2 is 2.06 bits per heavy atom. The summed E-state index contributed by atoms with van der Waals surface area (Å²) in [5.41, 5.74) is 0. The molecule has 1 aromatic rings. The van der Waals surface area contributed by atoms with Gasteiger partial charge in [0.25, 0.3) is 0 Å². The van der Waals surface area contributed by atoms with E-state index in [4.69, 9.17) is 9.47 Å². The van der Waals surface area contributed by atoms with Crippen molar-refractivity contribution in [2.24, 2.45) is 0 Å². The van der Waals surface area contributed by atoms with Crippen molar-refractivity contribution in [3.63, 3.8) is 0 Å². The van der Waals surface area contributed by atoms with Crippen molar-refractivity contribution in [2.45, 2.75) is 24.3 Å². The maximum absolute atomic E-state index is 9.48. The molecule has 1 N–H and O–H groups in total. The number of fused-ring (bicyclic) bond motifs is 1. The van der Waals surface area contributed by atoms with E-state index in [-0.39, 0.29) is 6.10 Å². The summed E-state index contributed by atoms with van der Waals surface area (Å²) >= 11 is 1.64. The van der Waals surface area contributed by atoms with Crippen LogP contribution in [0.15, 0.2) is 23.1 Å². The van der Waals surface area contributed by atoms with Crippen LogP contribution in [0, 0.1) is 0 Å². The number of hydrogen-bond donors (Lipinski definition) is 1. The molecule has 0 saturated carbocycles. The number of aliphatic hydroxyl groups is 1. The van der Waals surface area contributed by atoms with Crippen LogP contribution in [0.1, 0.15) is 13.3 Å². The fourth-order valence-corrected chi connectivity index (χ4v) is 2.40. The van der Waals surface area contributed by atoms with Gasteiger partial charge in [-0.05, 0) is 24.6 Å². The highest BCUT2D eigenvalue weighted by Gasteiger charge is 2.12. The van der Waals surface area contributed by atoms with E-state index in [0.717, 1.165) is 28.6 Å². The van der Waals surface area contributed by atoms with E-state index in [9.17, 15) is 5.11 Å². The highest BCUT2D eigenvalue weighted by Crippen LogP contribution is 2.34. The molecular formula is C12H16O3S. The van der Waals surface area contributed by atoms with Gasteiger partial charge >= 0.3 is 0 Å². The van der Waals surface area contributed by atoms with Crippen molar-refractivity contribution in [1.29, 1.82) is 0 Å². The van der Waals surface area contributed by atoms with E-state index in [0.29, 0.717) is 13.2 Å². The maximum Gasteiger partial charge on any atom is 0.162 e. The topological polar surface area (TPSA) is 38.7 Å². The summed E-state index contributed by atoms with van der Waals surface area (Å²) in [6.45, 7) is 3.21. The van der Waals surface area contributed by atoms with Crippen LogP contribution >= 0.6 is 11.8 Å². The smallest absolute Gasteiger partial charge is 0.162 e. The second kappa shape index (κ2) is 5.46. The standard InChI is InChI=1S/C12H16O3S/c1-2-9(13)8-16-10-3-4-11-12(7-10)15-6-5-14-11/h3-4,7,9,13H,2,5-6,8H2,1H3. The monoisotopic (exact) mass is 240 g/mol. The number of thioether (sulfide) groups is 1. The number of rotatable bonds is 4. The third-order valence-corrected chi connectivity index (χ3v) is 3.57. The van der Waals surface area contributed by atoms with Crippen molar-refractivity contribution in [2.75, 3.05) is 19.0 Å². The van der Waals surface area contributed by atoms with E-state index < -0.39 is 0 Å². The molecule has 0 fully saturated rings. The van der Waals surface area contributed by atoms with Crippen LogP contribution in [-0.2, 0) is 0 Å². The van der Waals surface area contributed by atoms with Crippen LogP contribution in [0.4, 0.5) is 0 Å². The summed E-state index contributed by atoms with van der Waals surface area (Å²) in [5, 5.41) is 9.48. The minimum atomic E-state index is -0.238. The first-order chi connectivity index (χ1) is 7.79. The van der Waals surface area contributed by atoms with Crippen LogP contribution in [-0.4, -0.2) is 30.2 Å². The van der Waals surface area contributed by atoms with Gasteiger partial charge in [0.05, 0.1) is 6.10 Å². The fourth-order valence-electron chi connectivity index (χ4n) is 1.42. The first kappa shape index (κ1) is 11.6. The molecule has 16 heavy (non-hydrogen) atoms. The molecule has 88 valence electrons. The Kier molecular flexibility index (Phi) is 3.96. The van der Waals surface area contributed by atoms with Crippen LogP contribution in [0.3, 0.4) is 0 Å². The molecule has 3 nitrogen and oxygen atoms in total. The van der Waals surface area contributed by atoms with E-state index in [2.05, 4.69) is 0 Å². The van der Waals surface area contributed by atoms with Gasteiger partial charge in [-0.3, -0.25) is 0 Å². The van der Waals surface area contributed by atoms with Gasteiger partial charge in [-0.15, -0.1) is 11.8 Å². The largest absolute Gasteiger partial charge is 0.486 e. The molecule has 1 aliphatic rings. The van der Waals surface area contributed by atoms with E-state index in [1.165, 1.54) is 0 Å². The lowest BCUT2D eigenvalue weighted by Crippen LogP contribution is -2.15. The highest BCUT2D eigenvalue weighted by atomic mass is 32.2. The zero-order valence-corrected chi connectivity index (χ0v) is 10.1. The molecule has 1 heterocycles. The van der Waals surface area contributed by atoms with Crippen molar-refractivity contribution in [3.8, 4) is 11.5 Å². The number of aliphatic hydroxyl groups excluding tert-OH is 1. The minimum Gasteiger partial charge on any atom is -0.486 e. The normalized spacial score (nSPS) is 15.9. The summed E-state index contributed by atoms with van der Waals surface area (Å²) in [4.78, 5) is 1.11. The van der Waals surface area contributed by atoms with Crippen LogP contribution in [0.25, 0.3) is 0 Å². The quantitative estimate of drug-likeness (QED) is 0.820. The average molecular weight is 240 g/mol. The molecule has 0 aliphatic carbocycles. The zero-order chi connectivity index (χ0) is 11.4. The predicted octanol–water partition coefficient (Wildman–Crippen LogP) is 2.32. The lowest BCUT2D eigenvalue weighted by Gasteiger charge is -2.18. The molecule has 0 radical (unpaired) electrons. The summed E-state index contributed by atoms with van der Waals surface area (Å²) in [6.07, 6.45) is 0.551. The highest BCUT2D eigenvalue weighted by molar-refractivity contribution is 7.99. The molecule has 1 unspecified atom stereocenters. The second-order valence-corrected chi connectivity index (χ2v) is 4.77. The molecule has 1 atom stereocenters. The van der Waals surface area contributed by atoms with Gasteiger partial charge in [0.1, 0.15) is 13.2 Å². The molecule has 1 aromatic carbocycles. The predicted molar refractivity (Wildman–Crippen MR) is 64.5 cm³/mol. The second-order valence-electron chi connectivity index (χ2n) is 3.68. The van der Waals surface area contributed by atoms with Gasteiger partial charge in [0, 0.05) is 10.6 Å². The zero-order valence-electron chi connectivity index (χ0n) is 9.31. The van der Waals surface area contributed by atoms with E-state index >= 15 is 0 Å². The Morgan fingerprint density at radius 1 is 1.31 bits per heavy atom. The van der Waals surface area contributed by atoms with Crippen molar-refractivity contribution < 1.29 is 14.6 Å². The summed E-state index contributed by atoms with van der Waals surface area (Å²) < 4.78 is 10.9. The van der Waals surface area contributed by atoms with Gasteiger partial charge in [-0.2, -0.15) is 0 Å². The Bertz CT molecular complexity index is 354. The number of hydrogen-bond acceptors (Lipinski definition) is 4. The molecule has 4 heteroatoms. The lowest BCUT2D eigenvalue weighted by molar-refractivity contribution is 0.171. The Morgan fingerprint density at radius 3 is 2.81 bits per heavy atom. The van der Waals surface area contributed by atoms with Crippen molar-refractivity contribution in [3.05, 3.63) is 18.2 Å². The van der Waals surface area contributed by atoms with Gasteiger partial charge in [0.15, 0.2) is 11.5 Å². The van der Waals surface area contributed by atoms with E-state index in [1.807, 2.05) is 25.1 Å². The summed E-state index contributed by atoms with van der Waals surface area (Å²) in [5.74, 6) is 2.34. The minimum absolute atomic E-state index is 0.238. The molecule has 0 amide bonds. The Labute approximate surface area is 99.8 Å². The van der Waals surface area contributed by atoms with Gasteiger partial charge in [0.2, 0.25) is 0 Å². The Hall–Kier alpha value is -0.870. The molecule has 0 aromatic heterocycles. The molecule has 0 spiro atoms. The Balaban J connectivity index is 2.00. The average Bonchev–Trinajstić information content (AvgIpc) is 2.35. The van der Waals surface area contributed by atoms with Gasteiger partial charge in [-0.1, -0.05) is 6.92 Å². The first-order valence-electron chi connectivity index (χ1n) is 5.50. The van der Waals surface area contributed by atoms with Crippen LogP contribution in [0.2, 0.25) is 0 Å². The molecule has 2 rings (SSSR count). The summed E-state index contributed by atoms with van der Waals surface area (Å²) in [7, 11) is 0. The first-order valence-corrected chi connectivity index (χ1v) is 6.48. The lowest BCUT2D eigenvalue weighted by atomic mass is 10.3. The third kappa shape index (κ3) is 2.83. The molecule has 0 bridgehead atoms. The molecular weight excluding hydrogens is 224 g/mol. The van der Waals surface area contributed by atoms with Crippen molar-refractivity contribution in [1.82, 2.24) is 0 Å². The van der Waals surface area contributed by atoms with Crippen LogP contribution < -0.4 is 9.47 Å². The van der Waals surface area contributed by atoms with Gasteiger partial charge < -0.3 is 14.6 Å². The fraction of sp³-hybridized carbons (Fsp3) is 0.500. The van der Waals surface area contributed by atoms with Crippen molar-refractivity contribution >= 4 is 11.8 Å². The molecule has 0 saturated heterocycles. The SMILES string of the molecule is CCC(O)CSc1ccc2c(c1)OCCO2. The third-order valence-electron chi connectivity index (χ3n) is 2.43. The number of benzene rings is 1. The maximum atomic E-state index is 9.48. The number of ether oxygens (including phenoxy) is 2. The van der Waals surface area contributed by atoms with E-state index in [1.54, 1.807) is 11.8 Å². The molecule has 1 aliphatic heterocycles. The summed E-state index contributed by atoms with van der Waals surface area (Å²) in [6, 6.07) is 5.90. The van der Waals surface area contributed by atoms with Crippen LogP contribution in [0.5, 0.6) is 11.5 Å². The van der Waals surface area contributed by atoms with Gasteiger partial charge in [-0.25, -0.2) is 0 Å².